The van der Waals surface area contributed by atoms with Crippen LogP contribution in [0.4, 0.5) is 5.82 Å². The van der Waals surface area contributed by atoms with Crippen molar-refractivity contribution >= 4 is 23.4 Å². The van der Waals surface area contributed by atoms with Crippen molar-refractivity contribution in [1.82, 2.24) is 4.98 Å². The zero-order valence-corrected chi connectivity index (χ0v) is 11.4. The number of carbonyl (C=O) groups is 1. The minimum Gasteiger partial charge on any atom is -0.476 e. The molecule has 4 nitrogen and oxygen atoms in total. The third-order valence-electron chi connectivity index (χ3n) is 4.32. The zero-order chi connectivity index (χ0) is 13.4. The minimum absolute atomic E-state index is 0.0423. The Balaban J connectivity index is 1.93. The Morgan fingerprint density at radius 2 is 2.11 bits per heavy atom. The fourth-order valence-corrected chi connectivity index (χ4v) is 3.67. The van der Waals surface area contributed by atoms with Crippen LogP contribution in [0.25, 0.3) is 0 Å². The van der Waals surface area contributed by atoms with Crippen molar-refractivity contribution in [3.63, 3.8) is 0 Å². The average molecular weight is 281 g/mol. The van der Waals surface area contributed by atoms with E-state index >= 15 is 0 Å². The Morgan fingerprint density at radius 1 is 1.32 bits per heavy atom. The molecule has 2 atom stereocenters. The summed E-state index contributed by atoms with van der Waals surface area (Å²) >= 11 is 5.88. The molecule has 2 aliphatic rings. The second kappa shape index (κ2) is 5.00. The summed E-state index contributed by atoms with van der Waals surface area (Å²) in [4.78, 5) is 17.7. The van der Waals surface area contributed by atoms with E-state index in [4.69, 9.17) is 16.7 Å². The van der Waals surface area contributed by atoms with Crippen LogP contribution >= 0.6 is 11.6 Å². The first-order valence-corrected chi connectivity index (χ1v) is 7.21. The Morgan fingerprint density at radius 3 is 2.89 bits per heavy atom. The highest BCUT2D eigenvalue weighted by molar-refractivity contribution is 6.33. The summed E-state index contributed by atoms with van der Waals surface area (Å²) in [5.74, 6) is 0.449. The Kier molecular flexibility index (Phi) is 3.35. The highest BCUT2D eigenvalue weighted by Crippen LogP contribution is 2.38. The second-order valence-corrected chi connectivity index (χ2v) is 5.81. The number of pyridine rings is 1. The van der Waals surface area contributed by atoms with Crippen LogP contribution in [0.5, 0.6) is 0 Å². The number of hydrogen-bond donors (Lipinski definition) is 1. The molecule has 0 amide bonds. The molecular formula is C14H17ClN2O2. The molecule has 1 aliphatic heterocycles. The van der Waals surface area contributed by atoms with Gasteiger partial charge in [-0.2, -0.15) is 0 Å². The highest BCUT2D eigenvalue weighted by Gasteiger charge is 2.35. The van der Waals surface area contributed by atoms with Crippen LogP contribution in [0.15, 0.2) is 12.1 Å². The summed E-state index contributed by atoms with van der Waals surface area (Å²) < 4.78 is 0. The molecule has 0 spiro atoms. The van der Waals surface area contributed by atoms with Crippen LogP contribution in [-0.2, 0) is 0 Å². The summed E-state index contributed by atoms with van der Waals surface area (Å²) in [5, 5.41) is 9.32. The number of piperidine rings is 1. The Bertz CT molecular complexity index is 506. The Hall–Kier alpha value is -1.29. The van der Waals surface area contributed by atoms with Crippen LogP contribution in [0.2, 0.25) is 5.02 Å². The van der Waals surface area contributed by atoms with Gasteiger partial charge in [-0.05, 0) is 43.7 Å². The average Bonchev–Trinajstić information content (AvgIpc) is 2.87. The number of aromatic nitrogens is 1. The van der Waals surface area contributed by atoms with Crippen LogP contribution in [0, 0.1) is 5.92 Å². The van der Waals surface area contributed by atoms with Crippen molar-refractivity contribution in [3.8, 4) is 0 Å². The molecule has 0 bridgehead atoms. The number of anilines is 1. The van der Waals surface area contributed by atoms with Gasteiger partial charge in [-0.25, -0.2) is 9.78 Å². The summed E-state index contributed by atoms with van der Waals surface area (Å²) in [5.41, 5.74) is -0.0423. The number of rotatable bonds is 2. The SMILES string of the molecule is O=C(O)c1nc(N2CCCC3CCCC32)ccc1Cl. The van der Waals surface area contributed by atoms with E-state index in [0.29, 0.717) is 6.04 Å². The van der Waals surface area contributed by atoms with Gasteiger partial charge in [0.15, 0.2) is 5.69 Å². The third-order valence-corrected chi connectivity index (χ3v) is 4.63. The van der Waals surface area contributed by atoms with Gasteiger partial charge in [0, 0.05) is 12.6 Å². The molecule has 1 aromatic heterocycles. The van der Waals surface area contributed by atoms with Crippen LogP contribution < -0.4 is 4.90 Å². The molecule has 2 fully saturated rings. The lowest BCUT2D eigenvalue weighted by atomic mass is 9.92. The van der Waals surface area contributed by atoms with E-state index in [9.17, 15) is 4.79 Å². The molecule has 1 saturated carbocycles. The highest BCUT2D eigenvalue weighted by atomic mass is 35.5. The molecule has 5 heteroatoms. The maximum Gasteiger partial charge on any atom is 0.356 e. The first-order chi connectivity index (χ1) is 9.16. The van der Waals surface area contributed by atoms with E-state index in [1.807, 2.05) is 6.07 Å². The fourth-order valence-electron chi connectivity index (χ4n) is 3.48. The van der Waals surface area contributed by atoms with E-state index < -0.39 is 5.97 Å². The van der Waals surface area contributed by atoms with Crippen molar-refractivity contribution in [2.24, 2.45) is 5.92 Å². The van der Waals surface area contributed by atoms with Gasteiger partial charge in [-0.1, -0.05) is 18.0 Å². The van der Waals surface area contributed by atoms with Crippen LogP contribution in [0.3, 0.4) is 0 Å². The van der Waals surface area contributed by atoms with Gasteiger partial charge in [-0.15, -0.1) is 0 Å². The lowest BCUT2D eigenvalue weighted by Crippen LogP contribution is -2.43. The van der Waals surface area contributed by atoms with E-state index in [1.165, 1.54) is 25.7 Å². The molecule has 0 aromatic carbocycles. The monoisotopic (exact) mass is 280 g/mol. The van der Waals surface area contributed by atoms with Crippen molar-refractivity contribution in [2.75, 3.05) is 11.4 Å². The van der Waals surface area contributed by atoms with E-state index in [-0.39, 0.29) is 10.7 Å². The minimum atomic E-state index is -1.06. The largest absolute Gasteiger partial charge is 0.476 e. The van der Waals surface area contributed by atoms with Crippen molar-refractivity contribution in [1.29, 1.82) is 0 Å². The molecule has 1 aliphatic carbocycles. The molecule has 2 heterocycles. The first-order valence-electron chi connectivity index (χ1n) is 6.83. The number of carboxylic acid groups (broad SMARTS) is 1. The lowest BCUT2D eigenvalue weighted by molar-refractivity contribution is 0.0690. The maximum atomic E-state index is 11.1. The quantitative estimate of drug-likeness (QED) is 0.904. The third kappa shape index (κ3) is 2.29. The second-order valence-electron chi connectivity index (χ2n) is 5.40. The first kappa shape index (κ1) is 12.7. The maximum absolute atomic E-state index is 11.1. The van der Waals surface area contributed by atoms with Gasteiger partial charge in [-0.3, -0.25) is 0 Å². The van der Waals surface area contributed by atoms with Gasteiger partial charge in [0.05, 0.1) is 5.02 Å². The van der Waals surface area contributed by atoms with Gasteiger partial charge in [0.25, 0.3) is 0 Å². The summed E-state index contributed by atoms with van der Waals surface area (Å²) in [6, 6.07) is 4.02. The fraction of sp³-hybridized carbons (Fsp3) is 0.571. The normalized spacial score (nSPS) is 26.3. The predicted octanol–water partition coefficient (Wildman–Crippen LogP) is 3.20. The molecular weight excluding hydrogens is 264 g/mol. The summed E-state index contributed by atoms with van der Waals surface area (Å²) in [7, 11) is 0. The van der Waals surface area contributed by atoms with Crippen molar-refractivity contribution in [2.45, 2.75) is 38.1 Å². The molecule has 1 N–H and O–H groups in total. The molecule has 0 radical (unpaired) electrons. The number of halogens is 1. The van der Waals surface area contributed by atoms with E-state index in [1.54, 1.807) is 6.07 Å². The van der Waals surface area contributed by atoms with E-state index in [2.05, 4.69) is 9.88 Å². The predicted molar refractivity (Wildman–Crippen MR) is 73.9 cm³/mol. The molecule has 102 valence electrons. The number of carboxylic acids is 1. The number of aromatic carboxylic acids is 1. The van der Waals surface area contributed by atoms with Gasteiger partial charge < -0.3 is 10.0 Å². The molecule has 2 unspecified atom stereocenters. The standard InChI is InChI=1S/C14H17ClN2O2/c15-10-6-7-12(16-13(10)14(18)19)17-8-2-4-9-3-1-5-11(9)17/h6-7,9,11H,1-5,8H2,(H,18,19). The van der Waals surface area contributed by atoms with Gasteiger partial charge in [0.1, 0.15) is 5.82 Å². The van der Waals surface area contributed by atoms with Crippen LogP contribution in [-0.4, -0.2) is 28.6 Å². The molecule has 19 heavy (non-hydrogen) atoms. The van der Waals surface area contributed by atoms with Crippen molar-refractivity contribution in [3.05, 3.63) is 22.8 Å². The van der Waals surface area contributed by atoms with Gasteiger partial charge in [0.2, 0.25) is 0 Å². The lowest BCUT2D eigenvalue weighted by Gasteiger charge is -2.38. The molecule has 1 saturated heterocycles. The molecule has 3 rings (SSSR count). The van der Waals surface area contributed by atoms with E-state index in [0.717, 1.165) is 24.7 Å². The summed E-state index contributed by atoms with van der Waals surface area (Å²) in [6.45, 7) is 0.967. The van der Waals surface area contributed by atoms with Crippen molar-refractivity contribution < 1.29 is 9.90 Å². The number of nitrogens with zero attached hydrogens (tertiary/aromatic N) is 2. The smallest absolute Gasteiger partial charge is 0.356 e. The number of fused-ring (bicyclic) bond motifs is 1. The zero-order valence-electron chi connectivity index (χ0n) is 10.7. The Labute approximate surface area is 117 Å². The van der Waals surface area contributed by atoms with Gasteiger partial charge >= 0.3 is 5.97 Å². The summed E-state index contributed by atoms with van der Waals surface area (Å²) in [6.07, 6.45) is 6.21. The van der Waals surface area contributed by atoms with Crippen LogP contribution in [0.1, 0.15) is 42.6 Å². The molecule has 1 aromatic rings. The topological polar surface area (TPSA) is 53.4 Å². The number of hydrogen-bond acceptors (Lipinski definition) is 3.